The van der Waals surface area contributed by atoms with Crippen molar-refractivity contribution in [3.63, 3.8) is 0 Å². The van der Waals surface area contributed by atoms with Crippen LogP contribution in [0.15, 0.2) is 48.5 Å². The Morgan fingerprint density at radius 2 is 2.00 bits per heavy atom. The van der Waals surface area contributed by atoms with Crippen molar-refractivity contribution in [2.24, 2.45) is 0 Å². The van der Waals surface area contributed by atoms with Crippen LogP contribution in [-0.2, 0) is 11.2 Å². The number of halogens is 1. The van der Waals surface area contributed by atoms with E-state index in [1.54, 1.807) is 24.3 Å². The molecule has 0 saturated heterocycles. The smallest absolute Gasteiger partial charge is 0.228 e. The van der Waals surface area contributed by atoms with E-state index in [1.807, 2.05) is 19.1 Å². The zero-order valence-electron chi connectivity index (χ0n) is 11.2. The van der Waals surface area contributed by atoms with Crippen LogP contribution in [0.2, 0.25) is 0 Å². The molecule has 0 atom stereocenters. The summed E-state index contributed by atoms with van der Waals surface area (Å²) in [5, 5.41) is 2.78. The zero-order valence-corrected chi connectivity index (χ0v) is 11.2. The van der Waals surface area contributed by atoms with E-state index >= 15 is 0 Å². The van der Waals surface area contributed by atoms with Crippen LogP contribution in [0, 0.1) is 5.82 Å². The van der Waals surface area contributed by atoms with Gasteiger partial charge in [0.05, 0.1) is 18.7 Å². The quantitative estimate of drug-likeness (QED) is 0.906. The molecular weight excluding hydrogens is 257 g/mol. The fraction of sp³-hybridized carbons (Fsp3) is 0.188. The number of nitrogens with one attached hydrogen (secondary N) is 1. The second kappa shape index (κ2) is 6.70. The van der Waals surface area contributed by atoms with Crippen molar-refractivity contribution in [1.82, 2.24) is 0 Å². The Bertz CT molecular complexity index is 599. The van der Waals surface area contributed by atoms with Gasteiger partial charge in [-0.05, 0) is 36.8 Å². The maximum atomic E-state index is 13.1. The van der Waals surface area contributed by atoms with Crippen LogP contribution >= 0.6 is 0 Å². The summed E-state index contributed by atoms with van der Waals surface area (Å²) in [6, 6.07) is 13.2. The van der Waals surface area contributed by atoms with Gasteiger partial charge in [-0.25, -0.2) is 4.39 Å². The normalized spacial score (nSPS) is 10.1. The van der Waals surface area contributed by atoms with Crippen molar-refractivity contribution >= 4 is 11.6 Å². The van der Waals surface area contributed by atoms with Crippen LogP contribution in [-0.4, -0.2) is 12.5 Å². The molecule has 1 N–H and O–H groups in total. The van der Waals surface area contributed by atoms with Gasteiger partial charge in [-0.2, -0.15) is 0 Å². The van der Waals surface area contributed by atoms with Gasteiger partial charge in [-0.1, -0.05) is 24.3 Å². The second-order valence-electron chi connectivity index (χ2n) is 4.28. The summed E-state index contributed by atoms with van der Waals surface area (Å²) in [7, 11) is 0. The molecule has 20 heavy (non-hydrogen) atoms. The van der Waals surface area contributed by atoms with Gasteiger partial charge in [0.15, 0.2) is 0 Å². The molecule has 0 aliphatic carbocycles. The fourth-order valence-electron chi connectivity index (χ4n) is 1.88. The zero-order chi connectivity index (χ0) is 14.4. The van der Waals surface area contributed by atoms with Gasteiger partial charge in [-0.3, -0.25) is 4.79 Å². The van der Waals surface area contributed by atoms with Crippen LogP contribution in [0.4, 0.5) is 10.1 Å². The predicted molar refractivity (Wildman–Crippen MR) is 76.3 cm³/mol. The first-order chi connectivity index (χ1) is 9.69. The molecule has 2 aromatic carbocycles. The minimum atomic E-state index is -0.343. The first kappa shape index (κ1) is 14.1. The molecule has 0 fully saturated rings. The third-order valence-electron chi connectivity index (χ3n) is 2.71. The van der Waals surface area contributed by atoms with E-state index in [4.69, 9.17) is 4.74 Å². The number of rotatable bonds is 5. The summed E-state index contributed by atoms with van der Waals surface area (Å²) < 4.78 is 18.5. The largest absolute Gasteiger partial charge is 0.492 e. The number of benzene rings is 2. The Morgan fingerprint density at radius 1 is 1.20 bits per heavy atom. The molecule has 0 radical (unpaired) electrons. The van der Waals surface area contributed by atoms with E-state index in [2.05, 4.69) is 5.32 Å². The Labute approximate surface area is 117 Å². The summed E-state index contributed by atoms with van der Waals surface area (Å²) in [4.78, 5) is 12.0. The third-order valence-corrected chi connectivity index (χ3v) is 2.71. The van der Waals surface area contributed by atoms with Crippen molar-refractivity contribution in [3.8, 4) is 5.75 Å². The molecule has 0 spiro atoms. The van der Waals surface area contributed by atoms with Gasteiger partial charge in [-0.15, -0.1) is 0 Å². The van der Waals surface area contributed by atoms with Crippen molar-refractivity contribution in [3.05, 3.63) is 59.9 Å². The van der Waals surface area contributed by atoms with Crippen LogP contribution in [0.3, 0.4) is 0 Å². The SMILES string of the molecule is CCOc1ccccc1NC(=O)Cc1cccc(F)c1. The number of carbonyl (C=O) groups excluding carboxylic acids is 1. The molecule has 0 heterocycles. The lowest BCUT2D eigenvalue weighted by molar-refractivity contribution is -0.115. The summed E-state index contributed by atoms with van der Waals surface area (Å²) in [5.74, 6) is 0.0790. The number of amides is 1. The minimum absolute atomic E-state index is 0.123. The number of ether oxygens (including phenoxy) is 1. The van der Waals surface area contributed by atoms with Crippen molar-refractivity contribution in [1.29, 1.82) is 0 Å². The van der Waals surface area contributed by atoms with Crippen molar-refractivity contribution in [2.45, 2.75) is 13.3 Å². The molecule has 0 aliphatic heterocycles. The lowest BCUT2D eigenvalue weighted by Crippen LogP contribution is -2.15. The minimum Gasteiger partial charge on any atom is -0.492 e. The lowest BCUT2D eigenvalue weighted by atomic mass is 10.1. The monoisotopic (exact) mass is 273 g/mol. The van der Waals surface area contributed by atoms with E-state index in [-0.39, 0.29) is 18.1 Å². The van der Waals surface area contributed by atoms with Gasteiger partial charge in [0.1, 0.15) is 11.6 Å². The number of hydrogen-bond acceptors (Lipinski definition) is 2. The Balaban J connectivity index is 2.05. The van der Waals surface area contributed by atoms with E-state index < -0.39 is 0 Å². The average molecular weight is 273 g/mol. The van der Waals surface area contributed by atoms with Crippen LogP contribution in [0.5, 0.6) is 5.75 Å². The highest BCUT2D eigenvalue weighted by atomic mass is 19.1. The number of carbonyl (C=O) groups is 1. The molecule has 3 nitrogen and oxygen atoms in total. The topological polar surface area (TPSA) is 38.3 Å². The number of hydrogen-bond donors (Lipinski definition) is 1. The first-order valence-corrected chi connectivity index (χ1v) is 6.45. The average Bonchev–Trinajstić information content (AvgIpc) is 2.41. The van der Waals surface area contributed by atoms with E-state index in [9.17, 15) is 9.18 Å². The van der Waals surface area contributed by atoms with Crippen LogP contribution in [0.25, 0.3) is 0 Å². The highest BCUT2D eigenvalue weighted by Gasteiger charge is 2.08. The Hall–Kier alpha value is -2.36. The van der Waals surface area contributed by atoms with Crippen molar-refractivity contribution < 1.29 is 13.9 Å². The van der Waals surface area contributed by atoms with Crippen LogP contribution in [0.1, 0.15) is 12.5 Å². The fourth-order valence-corrected chi connectivity index (χ4v) is 1.88. The molecule has 2 rings (SSSR count). The van der Waals surface area contributed by atoms with Gasteiger partial charge >= 0.3 is 0 Å². The number of anilines is 1. The number of para-hydroxylation sites is 2. The molecule has 0 aromatic heterocycles. The molecule has 104 valence electrons. The summed E-state index contributed by atoms with van der Waals surface area (Å²) in [6.45, 7) is 2.40. The van der Waals surface area contributed by atoms with Gasteiger partial charge in [0.25, 0.3) is 0 Å². The molecule has 0 bridgehead atoms. The highest BCUT2D eigenvalue weighted by molar-refractivity contribution is 5.93. The van der Waals surface area contributed by atoms with Gasteiger partial charge in [0, 0.05) is 0 Å². The molecule has 0 unspecified atom stereocenters. The molecule has 2 aromatic rings. The summed E-state index contributed by atoms with van der Waals surface area (Å²) in [6.07, 6.45) is 0.123. The first-order valence-electron chi connectivity index (χ1n) is 6.45. The summed E-state index contributed by atoms with van der Waals surface area (Å²) >= 11 is 0. The van der Waals surface area contributed by atoms with E-state index in [0.29, 0.717) is 23.6 Å². The van der Waals surface area contributed by atoms with Gasteiger partial charge < -0.3 is 10.1 Å². The molecule has 0 aliphatic rings. The maximum Gasteiger partial charge on any atom is 0.228 e. The standard InChI is InChI=1S/C16H16FNO2/c1-2-20-15-9-4-3-8-14(15)18-16(19)11-12-6-5-7-13(17)10-12/h3-10H,2,11H2,1H3,(H,18,19). The molecule has 0 saturated carbocycles. The Morgan fingerprint density at radius 3 is 2.75 bits per heavy atom. The van der Waals surface area contributed by atoms with E-state index in [1.165, 1.54) is 12.1 Å². The summed E-state index contributed by atoms with van der Waals surface area (Å²) in [5.41, 5.74) is 1.26. The van der Waals surface area contributed by atoms with E-state index in [0.717, 1.165) is 0 Å². The van der Waals surface area contributed by atoms with Crippen molar-refractivity contribution in [2.75, 3.05) is 11.9 Å². The highest BCUT2D eigenvalue weighted by Crippen LogP contribution is 2.23. The predicted octanol–water partition coefficient (Wildman–Crippen LogP) is 3.41. The lowest BCUT2D eigenvalue weighted by Gasteiger charge is -2.11. The molecule has 1 amide bonds. The van der Waals surface area contributed by atoms with Crippen LogP contribution < -0.4 is 10.1 Å². The maximum absolute atomic E-state index is 13.1. The third kappa shape index (κ3) is 3.82. The van der Waals surface area contributed by atoms with Gasteiger partial charge in [0.2, 0.25) is 5.91 Å². The second-order valence-corrected chi connectivity index (χ2v) is 4.28. The molecule has 4 heteroatoms. The molecular formula is C16H16FNO2. The Kier molecular flexibility index (Phi) is 4.71.